The van der Waals surface area contributed by atoms with Gasteiger partial charge >= 0.3 is 0 Å². The van der Waals surface area contributed by atoms with Gasteiger partial charge in [-0.3, -0.25) is 0 Å². The summed E-state index contributed by atoms with van der Waals surface area (Å²) in [4.78, 5) is 4.56. The average Bonchev–Trinajstić information content (AvgIpc) is 2.46. The Morgan fingerprint density at radius 3 is 2.62 bits per heavy atom. The van der Waals surface area contributed by atoms with E-state index in [1.54, 1.807) is 0 Å². The van der Waals surface area contributed by atoms with Gasteiger partial charge in [-0.15, -0.1) is 0 Å². The van der Waals surface area contributed by atoms with Crippen molar-refractivity contribution in [2.24, 2.45) is 0 Å². The molecule has 1 aromatic carbocycles. The normalized spacial score (nSPS) is 10.7. The van der Waals surface area contributed by atoms with Gasteiger partial charge in [0, 0.05) is 18.3 Å². The molecule has 1 heterocycles. The van der Waals surface area contributed by atoms with Crippen molar-refractivity contribution in [3.63, 3.8) is 0 Å². The van der Waals surface area contributed by atoms with Crippen LogP contribution in [0.5, 0.6) is 11.6 Å². The number of hydrogen-bond donors (Lipinski definition) is 1. The molecule has 0 saturated carbocycles. The molecule has 0 aliphatic carbocycles. The zero-order valence-corrected chi connectivity index (χ0v) is 13.4. The lowest BCUT2D eigenvalue weighted by atomic mass is 10.1. The molecule has 3 nitrogen and oxygen atoms in total. The Hall–Kier alpha value is -1.87. The standard InChI is InChI=1S/C18H24N2O/c1-5-11-19-12-16-9-10-18(20-15(16)4)21-17-8-6-7-13(2)14(17)3/h6-10,19H,5,11-12H2,1-4H3. The minimum atomic E-state index is 0.653. The largest absolute Gasteiger partial charge is 0.439 e. The molecule has 2 aromatic rings. The number of pyridine rings is 1. The van der Waals surface area contributed by atoms with Crippen LogP contribution in [-0.2, 0) is 6.54 Å². The maximum Gasteiger partial charge on any atom is 0.219 e. The van der Waals surface area contributed by atoms with Gasteiger partial charge in [-0.25, -0.2) is 4.98 Å². The molecule has 0 fully saturated rings. The van der Waals surface area contributed by atoms with E-state index in [1.807, 2.05) is 25.1 Å². The topological polar surface area (TPSA) is 34.1 Å². The fourth-order valence-electron chi connectivity index (χ4n) is 2.16. The van der Waals surface area contributed by atoms with Crippen molar-refractivity contribution in [3.05, 3.63) is 52.7 Å². The summed E-state index contributed by atoms with van der Waals surface area (Å²) in [5.41, 5.74) is 4.62. The van der Waals surface area contributed by atoms with E-state index in [-0.39, 0.29) is 0 Å². The van der Waals surface area contributed by atoms with Crippen molar-refractivity contribution >= 4 is 0 Å². The average molecular weight is 284 g/mol. The first kappa shape index (κ1) is 15.5. The lowest BCUT2D eigenvalue weighted by molar-refractivity contribution is 0.457. The molecule has 0 aliphatic heterocycles. The highest BCUT2D eigenvalue weighted by Gasteiger charge is 2.06. The highest BCUT2D eigenvalue weighted by atomic mass is 16.5. The van der Waals surface area contributed by atoms with E-state index in [0.717, 1.165) is 36.5 Å². The molecule has 0 saturated heterocycles. The van der Waals surface area contributed by atoms with E-state index in [0.29, 0.717) is 5.88 Å². The Labute approximate surface area is 127 Å². The number of nitrogens with zero attached hydrogens (tertiary/aromatic N) is 1. The van der Waals surface area contributed by atoms with Crippen molar-refractivity contribution < 1.29 is 4.74 Å². The number of aryl methyl sites for hydroxylation is 2. The number of nitrogens with one attached hydrogen (secondary N) is 1. The number of ether oxygens (including phenoxy) is 1. The molecule has 0 amide bonds. The molecule has 0 unspecified atom stereocenters. The third-order valence-corrected chi connectivity index (χ3v) is 3.68. The van der Waals surface area contributed by atoms with E-state index in [2.05, 4.69) is 43.2 Å². The van der Waals surface area contributed by atoms with Gasteiger partial charge in [-0.1, -0.05) is 25.1 Å². The van der Waals surface area contributed by atoms with Gasteiger partial charge in [0.15, 0.2) is 0 Å². The number of aromatic nitrogens is 1. The minimum Gasteiger partial charge on any atom is -0.439 e. The van der Waals surface area contributed by atoms with Crippen LogP contribution >= 0.6 is 0 Å². The summed E-state index contributed by atoms with van der Waals surface area (Å²) in [5.74, 6) is 1.53. The maximum absolute atomic E-state index is 5.92. The van der Waals surface area contributed by atoms with Gasteiger partial charge in [-0.2, -0.15) is 0 Å². The maximum atomic E-state index is 5.92. The molecule has 0 aliphatic rings. The van der Waals surface area contributed by atoms with Gasteiger partial charge in [0.1, 0.15) is 5.75 Å². The third-order valence-electron chi connectivity index (χ3n) is 3.68. The zero-order valence-electron chi connectivity index (χ0n) is 13.4. The molecule has 112 valence electrons. The Balaban J connectivity index is 2.11. The molecule has 0 bridgehead atoms. The summed E-state index contributed by atoms with van der Waals surface area (Å²) in [6.07, 6.45) is 1.14. The molecule has 2 rings (SSSR count). The fraction of sp³-hybridized carbons (Fsp3) is 0.389. The Kier molecular flexibility index (Phi) is 5.34. The second-order valence-electron chi connectivity index (χ2n) is 5.37. The Morgan fingerprint density at radius 2 is 1.90 bits per heavy atom. The number of benzene rings is 1. The monoisotopic (exact) mass is 284 g/mol. The van der Waals surface area contributed by atoms with Crippen molar-refractivity contribution in [3.8, 4) is 11.6 Å². The van der Waals surface area contributed by atoms with Crippen LogP contribution in [0.25, 0.3) is 0 Å². The van der Waals surface area contributed by atoms with Gasteiger partial charge in [0.25, 0.3) is 0 Å². The van der Waals surface area contributed by atoms with E-state index in [4.69, 9.17) is 4.74 Å². The lowest BCUT2D eigenvalue weighted by Crippen LogP contribution is -2.15. The molecule has 1 N–H and O–H groups in total. The van der Waals surface area contributed by atoms with Crippen molar-refractivity contribution in [1.29, 1.82) is 0 Å². The van der Waals surface area contributed by atoms with Crippen LogP contribution in [0.15, 0.2) is 30.3 Å². The highest BCUT2D eigenvalue weighted by Crippen LogP contribution is 2.26. The van der Waals surface area contributed by atoms with Crippen LogP contribution in [0.3, 0.4) is 0 Å². The SMILES string of the molecule is CCCNCc1ccc(Oc2cccc(C)c2C)nc1C. The van der Waals surface area contributed by atoms with Crippen molar-refractivity contribution in [2.45, 2.75) is 40.7 Å². The summed E-state index contributed by atoms with van der Waals surface area (Å²) >= 11 is 0. The molecular formula is C18H24N2O. The predicted octanol–water partition coefficient (Wildman–Crippen LogP) is 4.30. The second kappa shape index (κ2) is 7.23. The summed E-state index contributed by atoms with van der Waals surface area (Å²) in [7, 11) is 0. The van der Waals surface area contributed by atoms with E-state index < -0.39 is 0 Å². The van der Waals surface area contributed by atoms with Crippen LogP contribution in [0.1, 0.15) is 35.7 Å². The first-order chi connectivity index (χ1) is 10.1. The number of hydrogen-bond acceptors (Lipinski definition) is 3. The molecule has 0 spiro atoms. The Bertz CT molecular complexity index is 608. The molecule has 3 heteroatoms. The van der Waals surface area contributed by atoms with Crippen LogP contribution in [0.4, 0.5) is 0 Å². The first-order valence-electron chi connectivity index (χ1n) is 7.53. The summed E-state index contributed by atoms with van der Waals surface area (Å²) in [6, 6.07) is 10.1. The smallest absolute Gasteiger partial charge is 0.219 e. The van der Waals surface area contributed by atoms with Crippen LogP contribution in [-0.4, -0.2) is 11.5 Å². The summed E-state index contributed by atoms with van der Waals surface area (Å²) in [6.45, 7) is 10.2. The van der Waals surface area contributed by atoms with Crippen molar-refractivity contribution in [2.75, 3.05) is 6.54 Å². The van der Waals surface area contributed by atoms with Gasteiger partial charge in [-0.05, 0) is 56.5 Å². The molecule has 21 heavy (non-hydrogen) atoms. The van der Waals surface area contributed by atoms with Crippen LogP contribution in [0, 0.1) is 20.8 Å². The quantitative estimate of drug-likeness (QED) is 0.803. The van der Waals surface area contributed by atoms with Crippen LogP contribution in [0.2, 0.25) is 0 Å². The van der Waals surface area contributed by atoms with Crippen LogP contribution < -0.4 is 10.1 Å². The van der Waals surface area contributed by atoms with Gasteiger partial charge in [0.05, 0.1) is 0 Å². The first-order valence-corrected chi connectivity index (χ1v) is 7.53. The predicted molar refractivity (Wildman–Crippen MR) is 87.0 cm³/mol. The third kappa shape index (κ3) is 4.05. The summed E-state index contributed by atoms with van der Waals surface area (Å²) in [5, 5.41) is 3.40. The fourth-order valence-corrected chi connectivity index (χ4v) is 2.16. The lowest BCUT2D eigenvalue weighted by Gasteiger charge is -2.12. The zero-order chi connectivity index (χ0) is 15.2. The number of rotatable bonds is 6. The molecule has 0 radical (unpaired) electrons. The van der Waals surface area contributed by atoms with Gasteiger partial charge < -0.3 is 10.1 Å². The molecule has 1 aromatic heterocycles. The van der Waals surface area contributed by atoms with Gasteiger partial charge in [0.2, 0.25) is 5.88 Å². The Morgan fingerprint density at radius 1 is 1.10 bits per heavy atom. The second-order valence-corrected chi connectivity index (χ2v) is 5.37. The van der Waals surface area contributed by atoms with E-state index >= 15 is 0 Å². The van der Waals surface area contributed by atoms with Crippen molar-refractivity contribution in [1.82, 2.24) is 10.3 Å². The van der Waals surface area contributed by atoms with E-state index in [9.17, 15) is 0 Å². The molecule has 0 atom stereocenters. The minimum absolute atomic E-state index is 0.653. The summed E-state index contributed by atoms with van der Waals surface area (Å²) < 4.78 is 5.92. The molecular weight excluding hydrogens is 260 g/mol. The highest BCUT2D eigenvalue weighted by molar-refractivity contribution is 5.40. The van der Waals surface area contributed by atoms with E-state index in [1.165, 1.54) is 11.1 Å².